The van der Waals surface area contributed by atoms with E-state index in [9.17, 15) is 0 Å². The number of rotatable bonds is 6. The van der Waals surface area contributed by atoms with Gasteiger partial charge < -0.3 is 4.57 Å². The van der Waals surface area contributed by atoms with Crippen molar-refractivity contribution >= 4 is 12.2 Å². The molecule has 0 fully saturated rings. The summed E-state index contributed by atoms with van der Waals surface area (Å²) < 4.78 is 9.78. The lowest BCUT2D eigenvalue weighted by Gasteiger charge is -2.24. The first-order chi connectivity index (χ1) is 7.50. The van der Waals surface area contributed by atoms with E-state index in [1.165, 1.54) is 12.2 Å². The number of nitrogens with zero attached hydrogens (tertiary/aromatic N) is 3. The second kappa shape index (κ2) is 6.27. The zero-order valence-electron chi connectivity index (χ0n) is 10.7. The van der Waals surface area contributed by atoms with Crippen molar-refractivity contribution in [2.24, 2.45) is 7.05 Å². The summed E-state index contributed by atoms with van der Waals surface area (Å²) >= 11 is 1.42. The molecule has 4 nitrogen and oxygen atoms in total. The molecule has 92 valence electrons. The molecule has 0 aromatic carbocycles. The molecule has 1 aromatic heterocycles. The minimum atomic E-state index is 0.229. The first-order valence-corrected chi connectivity index (χ1v) is 6.26. The molecule has 1 aromatic rings. The highest BCUT2D eigenvalue weighted by Gasteiger charge is 2.14. The van der Waals surface area contributed by atoms with Gasteiger partial charge in [-0.05, 0) is 27.7 Å². The van der Waals surface area contributed by atoms with Crippen LogP contribution in [0.2, 0.25) is 0 Å². The van der Waals surface area contributed by atoms with Crippen molar-refractivity contribution in [1.29, 1.82) is 0 Å². The second-order valence-electron chi connectivity index (χ2n) is 4.34. The van der Waals surface area contributed by atoms with E-state index in [-0.39, 0.29) is 6.10 Å². The Hall–Kier alpha value is -0.520. The minimum absolute atomic E-state index is 0.229. The van der Waals surface area contributed by atoms with E-state index in [2.05, 4.69) is 23.1 Å². The topological polar surface area (TPSA) is 30.3 Å². The lowest BCUT2D eigenvalue weighted by molar-refractivity contribution is 0.253. The van der Waals surface area contributed by atoms with Crippen LogP contribution in [0.5, 0.6) is 0 Å². The summed E-state index contributed by atoms with van der Waals surface area (Å²) in [6.45, 7) is 9.16. The van der Waals surface area contributed by atoms with Crippen LogP contribution in [-0.4, -0.2) is 26.0 Å². The van der Waals surface area contributed by atoms with Crippen molar-refractivity contribution in [2.75, 3.05) is 0 Å². The third-order valence-electron chi connectivity index (χ3n) is 2.13. The molecule has 1 heterocycles. The molecule has 0 radical (unpaired) electrons. The van der Waals surface area contributed by atoms with Crippen LogP contribution < -0.4 is 0 Å². The van der Waals surface area contributed by atoms with Gasteiger partial charge in [-0.2, -0.15) is 0 Å². The summed E-state index contributed by atoms with van der Waals surface area (Å²) in [6, 6.07) is 0.417. The highest BCUT2D eigenvalue weighted by atomic mass is 32.2. The van der Waals surface area contributed by atoms with Gasteiger partial charge in [0.1, 0.15) is 5.82 Å². The predicted molar refractivity (Wildman–Crippen MR) is 67.7 cm³/mol. The summed E-state index contributed by atoms with van der Waals surface area (Å²) in [5.74, 6) is 1.05. The van der Waals surface area contributed by atoms with Gasteiger partial charge in [-0.25, -0.2) is 9.29 Å². The molecular weight excluding hydrogens is 222 g/mol. The monoisotopic (exact) mass is 243 g/mol. The van der Waals surface area contributed by atoms with Gasteiger partial charge in [-0.3, -0.25) is 4.18 Å². The average Bonchev–Trinajstić information content (AvgIpc) is 2.58. The molecule has 0 saturated carbocycles. The van der Waals surface area contributed by atoms with E-state index in [0.717, 1.165) is 12.4 Å². The smallest absolute Gasteiger partial charge is 0.123 e. The first-order valence-electron chi connectivity index (χ1n) is 5.57. The zero-order chi connectivity index (χ0) is 12.1. The molecule has 16 heavy (non-hydrogen) atoms. The fourth-order valence-electron chi connectivity index (χ4n) is 1.12. The maximum Gasteiger partial charge on any atom is 0.123 e. The van der Waals surface area contributed by atoms with Crippen LogP contribution in [0, 0.1) is 0 Å². The van der Waals surface area contributed by atoms with Crippen LogP contribution in [0.15, 0.2) is 12.4 Å². The summed E-state index contributed by atoms with van der Waals surface area (Å²) in [7, 11) is 2.01. The van der Waals surface area contributed by atoms with Crippen molar-refractivity contribution in [3.05, 3.63) is 18.2 Å². The molecule has 0 unspecified atom stereocenters. The normalized spacial score (nSPS) is 12.0. The van der Waals surface area contributed by atoms with Gasteiger partial charge in [-0.15, -0.1) is 0 Å². The van der Waals surface area contributed by atoms with Crippen molar-refractivity contribution < 1.29 is 4.18 Å². The van der Waals surface area contributed by atoms with Crippen LogP contribution >= 0.6 is 12.2 Å². The van der Waals surface area contributed by atoms with Crippen molar-refractivity contribution in [3.8, 4) is 0 Å². The van der Waals surface area contributed by atoms with Gasteiger partial charge in [0.05, 0.1) is 24.9 Å². The molecule has 1 rings (SSSR count). The van der Waals surface area contributed by atoms with E-state index in [4.69, 9.17) is 4.18 Å². The lowest BCUT2D eigenvalue weighted by atomic mass is 10.4. The minimum Gasteiger partial charge on any atom is -0.337 e. The standard InChI is InChI=1S/C11H21N3OS/c1-9(2)14(16-15-10(3)4)8-11-12-6-7-13(11)5/h6-7,9-10H,8H2,1-5H3. The van der Waals surface area contributed by atoms with Crippen molar-refractivity contribution in [3.63, 3.8) is 0 Å². The largest absolute Gasteiger partial charge is 0.337 e. The molecule has 0 bridgehead atoms. The molecular formula is C11H21N3OS. The maximum absolute atomic E-state index is 5.56. The molecule has 0 saturated heterocycles. The number of hydrogen-bond acceptors (Lipinski definition) is 4. The van der Waals surface area contributed by atoms with E-state index in [1.54, 1.807) is 0 Å². The van der Waals surface area contributed by atoms with E-state index >= 15 is 0 Å². The van der Waals surface area contributed by atoms with Crippen LogP contribution in [0.3, 0.4) is 0 Å². The van der Waals surface area contributed by atoms with Gasteiger partial charge in [0, 0.05) is 25.5 Å². The molecule has 0 atom stereocenters. The zero-order valence-corrected chi connectivity index (χ0v) is 11.5. The van der Waals surface area contributed by atoms with Crippen molar-refractivity contribution in [1.82, 2.24) is 13.9 Å². The molecule has 5 heteroatoms. The second-order valence-corrected chi connectivity index (χ2v) is 5.15. The number of hydrogen-bond donors (Lipinski definition) is 0. The Morgan fingerprint density at radius 2 is 2.12 bits per heavy atom. The SMILES string of the molecule is CC(C)OSN(Cc1nccn1C)C(C)C. The summed E-state index contributed by atoms with van der Waals surface area (Å²) in [4.78, 5) is 4.32. The highest BCUT2D eigenvalue weighted by Crippen LogP contribution is 2.20. The van der Waals surface area contributed by atoms with Crippen LogP contribution in [-0.2, 0) is 17.8 Å². The highest BCUT2D eigenvalue weighted by molar-refractivity contribution is 7.92. The fraction of sp³-hybridized carbons (Fsp3) is 0.727. The third kappa shape index (κ3) is 4.15. The van der Waals surface area contributed by atoms with Gasteiger partial charge in [0.15, 0.2) is 0 Å². The van der Waals surface area contributed by atoms with Crippen LogP contribution in [0.4, 0.5) is 0 Å². The predicted octanol–water partition coefficient (Wildman–Crippen LogP) is 2.62. The van der Waals surface area contributed by atoms with Gasteiger partial charge in [0.2, 0.25) is 0 Å². The molecule has 0 N–H and O–H groups in total. The van der Waals surface area contributed by atoms with Gasteiger partial charge >= 0.3 is 0 Å². The Kier molecular flexibility index (Phi) is 5.31. The lowest BCUT2D eigenvalue weighted by Crippen LogP contribution is -2.25. The molecule has 0 aliphatic carbocycles. The quantitative estimate of drug-likeness (QED) is 0.567. The summed E-state index contributed by atoms with van der Waals surface area (Å²) in [5, 5.41) is 0. The fourth-order valence-corrected chi connectivity index (χ4v) is 1.75. The number of aryl methyl sites for hydroxylation is 1. The Morgan fingerprint density at radius 1 is 1.44 bits per heavy atom. The Labute approximate surface area is 102 Å². The van der Waals surface area contributed by atoms with E-state index in [1.807, 2.05) is 37.9 Å². The van der Waals surface area contributed by atoms with Gasteiger partial charge in [-0.1, -0.05) is 0 Å². The number of aromatic nitrogens is 2. The molecule has 0 aliphatic rings. The maximum atomic E-state index is 5.56. The van der Waals surface area contributed by atoms with Crippen LogP contribution in [0.25, 0.3) is 0 Å². The first kappa shape index (κ1) is 13.5. The van der Waals surface area contributed by atoms with E-state index in [0.29, 0.717) is 6.04 Å². The number of imidazole rings is 1. The van der Waals surface area contributed by atoms with Gasteiger partial charge in [0.25, 0.3) is 0 Å². The molecule has 0 spiro atoms. The Bertz CT molecular complexity index is 312. The molecule has 0 aliphatic heterocycles. The van der Waals surface area contributed by atoms with Crippen LogP contribution in [0.1, 0.15) is 33.5 Å². The summed E-state index contributed by atoms with van der Waals surface area (Å²) in [6.07, 6.45) is 4.01. The Balaban J connectivity index is 2.55. The third-order valence-corrected chi connectivity index (χ3v) is 3.34. The van der Waals surface area contributed by atoms with Crippen molar-refractivity contribution in [2.45, 2.75) is 46.4 Å². The average molecular weight is 243 g/mol. The summed E-state index contributed by atoms with van der Waals surface area (Å²) in [5.41, 5.74) is 0. The molecule has 0 amide bonds. The van der Waals surface area contributed by atoms with E-state index < -0.39 is 0 Å². The Morgan fingerprint density at radius 3 is 2.56 bits per heavy atom.